The Balaban J connectivity index is 2.78. The van der Waals surface area contributed by atoms with Crippen LogP contribution in [0.4, 0.5) is 0 Å². The minimum atomic E-state index is -0.0580. The Morgan fingerprint density at radius 2 is 2.12 bits per heavy atom. The highest BCUT2D eigenvalue weighted by Crippen LogP contribution is 2.24. The van der Waals surface area contributed by atoms with Crippen molar-refractivity contribution in [2.45, 2.75) is 26.0 Å². The van der Waals surface area contributed by atoms with Crippen LogP contribution in [0.3, 0.4) is 0 Å². The number of hydrogen-bond donors (Lipinski definition) is 2. The second-order valence-electron chi connectivity index (χ2n) is 3.80. The molecule has 0 aliphatic rings. The SMILES string of the molecule is CC(C)OCC(NN)c1cc(Cl)cc(Br)c1. The molecule has 0 saturated heterocycles. The molecule has 0 bridgehead atoms. The number of nitrogens with two attached hydrogens (primary N) is 1. The fourth-order valence-corrected chi connectivity index (χ4v) is 2.19. The van der Waals surface area contributed by atoms with E-state index in [2.05, 4.69) is 21.4 Å². The third-order valence-corrected chi connectivity index (χ3v) is 2.76. The molecule has 0 amide bonds. The molecule has 1 rings (SSSR count). The molecule has 3 nitrogen and oxygen atoms in total. The van der Waals surface area contributed by atoms with Gasteiger partial charge in [-0.1, -0.05) is 27.5 Å². The molecule has 1 aromatic rings. The maximum Gasteiger partial charge on any atom is 0.0694 e. The first-order valence-electron chi connectivity index (χ1n) is 5.06. The van der Waals surface area contributed by atoms with Gasteiger partial charge in [-0.2, -0.15) is 0 Å². The highest BCUT2D eigenvalue weighted by Gasteiger charge is 2.12. The topological polar surface area (TPSA) is 47.3 Å². The average molecular weight is 308 g/mol. The Labute approximate surface area is 109 Å². The van der Waals surface area contributed by atoms with Crippen molar-refractivity contribution in [3.8, 4) is 0 Å². The van der Waals surface area contributed by atoms with Crippen molar-refractivity contribution in [2.24, 2.45) is 5.84 Å². The van der Waals surface area contributed by atoms with Crippen LogP contribution in [0.5, 0.6) is 0 Å². The van der Waals surface area contributed by atoms with Gasteiger partial charge < -0.3 is 4.74 Å². The third kappa shape index (κ3) is 4.39. The lowest BCUT2D eigenvalue weighted by molar-refractivity contribution is 0.0611. The molecule has 0 heterocycles. The molecular weight excluding hydrogens is 291 g/mol. The summed E-state index contributed by atoms with van der Waals surface area (Å²) in [4.78, 5) is 0. The fourth-order valence-electron chi connectivity index (χ4n) is 1.31. The van der Waals surface area contributed by atoms with Crippen LogP contribution in [-0.4, -0.2) is 12.7 Å². The number of hydrogen-bond acceptors (Lipinski definition) is 3. The maximum atomic E-state index is 5.97. The van der Waals surface area contributed by atoms with Gasteiger partial charge in [0.1, 0.15) is 0 Å². The van der Waals surface area contributed by atoms with Crippen LogP contribution in [0, 0.1) is 0 Å². The van der Waals surface area contributed by atoms with E-state index in [1.165, 1.54) is 0 Å². The van der Waals surface area contributed by atoms with Crippen molar-refractivity contribution >= 4 is 27.5 Å². The predicted octanol–water partition coefficient (Wildman–Crippen LogP) is 3.03. The van der Waals surface area contributed by atoms with Crippen LogP contribution in [0.15, 0.2) is 22.7 Å². The summed E-state index contributed by atoms with van der Waals surface area (Å²) in [6.45, 7) is 4.49. The number of rotatable bonds is 5. The molecule has 0 spiro atoms. The molecule has 0 fully saturated rings. The van der Waals surface area contributed by atoms with E-state index in [9.17, 15) is 0 Å². The lowest BCUT2D eigenvalue weighted by Crippen LogP contribution is -2.32. The molecule has 0 saturated carbocycles. The second kappa shape index (κ2) is 6.57. The third-order valence-electron chi connectivity index (χ3n) is 2.08. The zero-order chi connectivity index (χ0) is 12.1. The van der Waals surface area contributed by atoms with Gasteiger partial charge in [-0.05, 0) is 37.6 Å². The lowest BCUT2D eigenvalue weighted by atomic mass is 10.1. The Morgan fingerprint density at radius 3 is 2.62 bits per heavy atom. The quantitative estimate of drug-likeness (QED) is 0.649. The molecule has 90 valence electrons. The van der Waals surface area contributed by atoms with E-state index >= 15 is 0 Å². The number of hydrazine groups is 1. The first-order valence-corrected chi connectivity index (χ1v) is 6.23. The number of ether oxygens (including phenoxy) is 1. The highest BCUT2D eigenvalue weighted by atomic mass is 79.9. The summed E-state index contributed by atoms with van der Waals surface area (Å²) in [6, 6.07) is 5.63. The van der Waals surface area contributed by atoms with Gasteiger partial charge in [-0.25, -0.2) is 0 Å². The minimum absolute atomic E-state index is 0.0580. The van der Waals surface area contributed by atoms with E-state index < -0.39 is 0 Å². The van der Waals surface area contributed by atoms with Crippen LogP contribution in [-0.2, 0) is 4.74 Å². The monoisotopic (exact) mass is 306 g/mol. The Bertz CT molecular complexity index is 327. The molecule has 5 heteroatoms. The first-order chi connectivity index (χ1) is 7.52. The summed E-state index contributed by atoms with van der Waals surface area (Å²) in [5.41, 5.74) is 3.73. The number of benzene rings is 1. The standard InChI is InChI=1S/C11H16BrClN2O/c1-7(2)16-6-11(15-14)8-3-9(12)5-10(13)4-8/h3-5,7,11,15H,6,14H2,1-2H3. The molecule has 1 unspecified atom stereocenters. The smallest absolute Gasteiger partial charge is 0.0694 e. The van der Waals surface area contributed by atoms with Crippen LogP contribution in [0.25, 0.3) is 0 Å². The van der Waals surface area contributed by atoms with E-state index in [1.54, 1.807) is 0 Å². The van der Waals surface area contributed by atoms with Gasteiger partial charge >= 0.3 is 0 Å². The molecule has 3 N–H and O–H groups in total. The Morgan fingerprint density at radius 1 is 1.44 bits per heavy atom. The van der Waals surface area contributed by atoms with E-state index in [0.29, 0.717) is 11.6 Å². The molecule has 0 aliphatic heterocycles. The van der Waals surface area contributed by atoms with Crippen LogP contribution < -0.4 is 11.3 Å². The van der Waals surface area contributed by atoms with Crippen molar-refractivity contribution < 1.29 is 4.74 Å². The summed E-state index contributed by atoms with van der Waals surface area (Å²) in [5, 5.41) is 0.675. The summed E-state index contributed by atoms with van der Waals surface area (Å²) >= 11 is 9.37. The van der Waals surface area contributed by atoms with Crippen molar-refractivity contribution in [1.82, 2.24) is 5.43 Å². The van der Waals surface area contributed by atoms with E-state index in [1.807, 2.05) is 32.0 Å². The highest BCUT2D eigenvalue weighted by molar-refractivity contribution is 9.10. The van der Waals surface area contributed by atoms with Gasteiger partial charge in [0, 0.05) is 9.50 Å². The van der Waals surface area contributed by atoms with E-state index in [4.69, 9.17) is 22.2 Å². The first kappa shape index (κ1) is 13.9. The Hall–Kier alpha value is -0.130. The van der Waals surface area contributed by atoms with Gasteiger partial charge in [0.15, 0.2) is 0 Å². The molecular formula is C11H16BrClN2O. The lowest BCUT2D eigenvalue weighted by Gasteiger charge is -2.18. The summed E-state index contributed by atoms with van der Waals surface area (Å²) in [6.07, 6.45) is 0.179. The van der Waals surface area contributed by atoms with Crippen molar-refractivity contribution in [2.75, 3.05) is 6.61 Å². The summed E-state index contributed by atoms with van der Waals surface area (Å²) in [5.74, 6) is 5.50. The minimum Gasteiger partial charge on any atom is -0.377 e. The van der Waals surface area contributed by atoms with Gasteiger partial charge in [0.25, 0.3) is 0 Å². The van der Waals surface area contributed by atoms with Crippen LogP contribution in [0.1, 0.15) is 25.5 Å². The fraction of sp³-hybridized carbons (Fsp3) is 0.455. The van der Waals surface area contributed by atoms with Gasteiger partial charge in [0.05, 0.1) is 18.8 Å². The van der Waals surface area contributed by atoms with Gasteiger partial charge in [-0.3, -0.25) is 11.3 Å². The summed E-state index contributed by atoms with van der Waals surface area (Å²) in [7, 11) is 0. The largest absolute Gasteiger partial charge is 0.377 e. The molecule has 1 aromatic carbocycles. The molecule has 16 heavy (non-hydrogen) atoms. The van der Waals surface area contributed by atoms with E-state index in [-0.39, 0.29) is 12.1 Å². The van der Waals surface area contributed by atoms with Crippen LogP contribution in [0.2, 0.25) is 5.02 Å². The Kier molecular flexibility index (Phi) is 5.72. The second-order valence-corrected chi connectivity index (χ2v) is 5.16. The van der Waals surface area contributed by atoms with E-state index in [0.717, 1.165) is 10.0 Å². The molecule has 0 radical (unpaired) electrons. The predicted molar refractivity (Wildman–Crippen MR) is 70.3 cm³/mol. The molecule has 0 aromatic heterocycles. The molecule has 0 aliphatic carbocycles. The zero-order valence-corrected chi connectivity index (χ0v) is 11.7. The maximum absolute atomic E-state index is 5.97. The molecule has 1 atom stereocenters. The zero-order valence-electron chi connectivity index (χ0n) is 9.34. The number of halogens is 2. The van der Waals surface area contributed by atoms with Crippen LogP contribution >= 0.6 is 27.5 Å². The van der Waals surface area contributed by atoms with Gasteiger partial charge in [-0.15, -0.1) is 0 Å². The average Bonchev–Trinajstić information content (AvgIpc) is 2.16. The normalized spacial score (nSPS) is 13.1. The number of nitrogens with one attached hydrogen (secondary N) is 1. The van der Waals surface area contributed by atoms with Crippen molar-refractivity contribution in [3.05, 3.63) is 33.3 Å². The van der Waals surface area contributed by atoms with Crippen molar-refractivity contribution in [1.29, 1.82) is 0 Å². The summed E-state index contributed by atoms with van der Waals surface area (Å²) < 4.78 is 6.46. The van der Waals surface area contributed by atoms with Crippen molar-refractivity contribution in [3.63, 3.8) is 0 Å². The van der Waals surface area contributed by atoms with Gasteiger partial charge in [0.2, 0.25) is 0 Å².